The molecule has 20 heavy (non-hydrogen) atoms. The topological polar surface area (TPSA) is 127 Å². The van der Waals surface area contributed by atoms with Crippen LogP contribution in [0.1, 0.15) is 19.3 Å². The fraction of sp³-hybridized carbons (Fsp3) is 0.667. The first-order chi connectivity index (χ1) is 9.37. The molecule has 0 atom stereocenters. The maximum absolute atomic E-state index is 12.7. The fourth-order valence-electron chi connectivity index (χ4n) is 1.84. The highest BCUT2D eigenvalue weighted by molar-refractivity contribution is 9.10. The van der Waals surface area contributed by atoms with Gasteiger partial charge in [-0.2, -0.15) is 4.31 Å². The Hall–Kier alpha value is -1.20. The number of halogens is 1. The third-order valence-corrected chi connectivity index (χ3v) is 5.80. The summed E-state index contributed by atoms with van der Waals surface area (Å²) >= 11 is 3.10. The van der Waals surface area contributed by atoms with Gasteiger partial charge < -0.3 is 10.9 Å². The number of nitrogens with zero attached hydrogens (tertiary/aromatic N) is 5. The van der Waals surface area contributed by atoms with E-state index in [0.717, 1.165) is 12.8 Å². The van der Waals surface area contributed by atoms with Crippen LogP contribution in [-0.2, 0) is 17.1 Å². The molecule has 0 aliphatic heterocycles. The van der Waals surface area contributed by atoms with Crippen molar-refractivity contribution >= 4 is 31.8 Å². The fourth-order valence-corrected chi connectivity index (χ4v) is 4.57. The molecule has 11 heteroatoms. The first kappa shape index (κ1) is 15.2. The standard InChI is InChI=1S/C9H15BrN6O3S/c1-15-9(8(10)12-14-15)20(18,19)16(6-2-3-6)5-4-7(11)13-17/h6,17H,2-5H2,1H3,(H2,11,13). The Morgan fingerprint density at radius 2 is 2.30 bits per heavy atom. The van der Waals surface area contributed by atoms with Crippen molar-refractivity contribution in [3.05, 3.63) is 4.60 Å². The summed E-state index contributed by atoms with van der Waals surface area (Å²) in [5.74, 6) is -0.00644. The van der Waals surface area contributed by atoms with Gasteiger partial charge in [-0.15, -0.1) is 5.10 Å². The number of nitrogens with two attached hydrogens (primary N) is 1. The van der Waals surface area contributed by atoms with Crippen molar-refractivity contribution in [3.63, 3.8) is 0 Å². The second kappa shape index (κ2) is 5.66. The highest BCUT2D eigenvalue weighted by atomic mass is 79.9. The molecular weight excluding hydrogens is 352 g/mol. The highest BCUT2D eigenvalue weighted by Gasteiger charge is 2.40. The Balaban J connectivity index is 2.29. The molecule has 2 rings (SSSR count). The van der Waals surface area contributed by atoms with Gasteiger partial charge in [0.05, 0.1) is 0 Å². The summed E-state index contributed by atoms with van der Waals surface area (Å²) in [6.45, 7) is 0.153. The molecule has 1 saturated carbocycles. The quantitative estimate of drug-likeness (QED) is 0.312. The summed E-state index contributed by atoms with van der Waals surface area (Å²) < 4.78 is 28.1. The predicted molar refractivity (Wildman–Crippen MR) is 73.6 cm³/mol. The Morgan fingerprint density at radius 1 is 1.65 bits per heavy atom. The monoisotopic (exact) mass is 366 g/mol. The summed E-state index contributed by atoms with van der Waals surface area (Å²) in [5, 5.41) is 18.8. The van der Waals surface area contributed by atoms with Gasteiger partial charge in [0.1, 0.15) is 5.84 Å². The van der Waals surface area contributed by atoms with Gasteiger partial charge in [0, 0.05) is 26.1 Å². The maximum Gasteiger partial charge on any atom is 0.263 e. The molecule has 0 aromatic carbocycles. The molecule has 1 heterocycles. The van der Waals surface area contributed by atoms with Crippen molar-refractivity contribution in [1.82, 2.24) is 19.3 Å². The van der Waals surface area contributed by atoms with E-state index in [4.69, 9.17) is 10.9 Å². The molecule has 0 spiro atoms. The lowest BCUT2D eigenvalue weighted by atomic mass is 10.4. The minimum absolute atomic E-state index is 0.00362. The number of amidine groups is 1. The van der Waals surface area contributed by atoms with Crippen molar-refractivity contribution in [3.8, 4) is 0 Å². The molecule has 3 N–H and O–H groups in total. The van der Waals surface area contributed by atoms with E-state index in [-0.39, 0.29) is 34.5 Å². The Labute approximate surface area is 124 Å². The average molecular weight is 367 g/mol. The molecule has 0 amide bonds. The summed E-state index contributed by atoms with van der Waals surface area (Å²) in [6.07, 6.45) is 1.77. The van der Waals surface area contributed by atoms with Crippen molar-refractivity contribution < 1.29 is 13.6 Å². The summed E-state index contributed by atoms with van der Waals surface area (Å²) in [4.78, 5) is 0. The van der Waals surface area contributed by atoms with Crippen molar-refractivity contribution in [2.45, 2.75) is 30.3 Å². The zero-order valence-electron chi connectivity index (χ0n) is 10.8. The van der Waals surface area contributed by atoms with Gasteiger partial charge in [0.2, 0.25) is 5.03 Å². The van der Waals surface area contributed by atoms with Crippen LogP contribution in [-0.4, -0.2) is 51.3 Å². The highest BCUT2D eigenvalue weighted by Crippen LogP contribution is 2.33. The van der Waals surface area contributed by atoms with E-state index >= 15 is 0 Å². The third-order valence-electron chi connectivity index (χ3n) is 2.96. The van der Waals surface area contributed by atoms with Crippen LogP contribution in [0, 0.1) is 0 Å². The van der Waals surface area contributed by atoms with Crippen LogP contribution >= 0.6 is 15.9 Å². The van der Waals surface area contributed by atoms with E-state index in [1.807, 2.05) is 0 Å². The van der Waals surface area contributed by atoms with Gasteiger partial charge in [-0.1, -0.05) is 10.4 Å². The second-order valence-electron chi connectivity index (χ2n) is 4.50. The van der Waals surface area contributed by atoms with Crippen LogP contribution in [0.25, 0.3) is 0 Å². The molecule has 1 fully saturated rings. The van der Waals surface area contributed by atoms with Gasteiger partial charge in [-0.3, -0.25) is 0 Å². The first-order valence-electron chi connectivity index (χ1n) is 5.91. The van der Waals surface area contributed by atoms with E-state index in [1.54, 1.807) is 0 Å². The molecule has 112 valence electrons. The second-order valence-corrected chi connectivity index (χ2v) is 7.05. The van der Waals surface area contributed by atoms with Crippen LogP contribution in [0.4, 0.5) is 0 Å². The number of hydrogen-bond donors (Lipinski definition) is 2. The zero-order chi connectivity index (χ0) is 14.9. The average Bonchev–Trinajstić information content (AvgIpc) is 3.14. The van der Waals surface area contributed by atoms with Crippen molar-refractivity contribution in [2.24, 2.45) is 17.9 Å². The van der Waals surface area contributed by atoms with Gasteiger partial charge in [-0.05, 0) is 28.8 Å². The summed E-state index contributed by atoms with van der Waals surface area (Å²) in [6, 6.07) is -0.0479. The molecule has 0 saturated heterocycles. The number of aryl methyl sites for hydroxylation is 1. The molecule has 1 aromatic rings. The normalized spacial score (nSPS) is 16.9. The molecule has 9 nitrogen and oxygen atoms in total. The summed E-state index contributed by atoms with van der Waals surface area (Å²) in [5.41, 5.74) is 5.40. The molecule has 1 aliphatic rings. The molecule has 1 aliphatic carbocycles. The molecule has 0 radical (unpaired) electrons. The van der Waals surface area contributed by atoms with Gasteiger partial charge >= 0.3 is 0 Å². The largest absolute Gasteiger partial charge is 0.409 e. The molecule has 0 unspecified atom stereocenters. The van der Waals surface area contributed by atoms with Crippen LogP contribution in [0.15, 0.2) is 14.8 Å². The van der Waals surface area contributed by atoms with Gasteiger partial charge in [-0.25, -0.2) is 13.1 Å². The Morgan fingerprint density at radius 3 is 2.75 bits per heavy atom. The number of rotatable bonds is 6. The van der Waals surface area contributed by atoms with E-state index in [9.17, 15) is 8.42 Å². The third kappa shape index (κ3) is 2.94. The molecular formula is C9H15BrN6O3S. The SMILES string of the molecule is Cn1nnc(Br)c1S(=O)(=O)N(CCC(N)=NO)C1CC1. The zero-order valence-corrected chi connectivity index (χ0v) is 13.2. The van der Waals surface area contributed by atoms with Crippen LogP contribution in [0.3, 0.4) is 0 Å². The van der Waals surface area contributed by atoms with Gasteiger partial charge in [0.15, 0.2) is 4.60 Å². The minimum atomic E-state index is -3.73. The first-order valence-corrected chi connectivity index (χ1v) is 8.14. The Kier molecular flexibility index (Phi) is 4.30. The predicted octanol–water partition coefficient (Wildman–Crippen LogP) is -0.133. The number of oxime groups is 1. The number of sulfonamides is 1. The lowest BCUT2D eigenvalue weighted by Crippen LogP contribution is -2.37. The van der Waals surface area contributed by atoms with Crippen LogP contribution < -0.4 is 5.73 Å². The van der Waals surface area contributed by atoms with E-state index < -0.39 is 10.0 Å². The Bertz CT molecular complexity index is 604. The van der Waals surface area contributed by atoms with Crippen LogP contribution in [0.5, 0.6) is 0 Å². The smallest absolute Gasteiger partial charge is 0.263 e. The number of aromatic nitrogens is 3. The van der Waals surface area contributed by atoms with E-state index in [2.05, 4.69) is 31.4 Å². The van der Waals surface area contributed by atoms with Crippen LogP contribution in [0.2, 0.25) is 0 Å². The van der Waals surface area contributed by atoms with Gasteiger partial charge in [0.25, 0.3) is 10.0 Å². The molecule has 1 aromatic heterocycles. The lowest BCUT2D eigenvalue weighted by molar-refractivity contribution is 0.315. The number of hydrogen-bond acceptors (Lipinski definition) is 6. The minimum Gasteiger partial charge on any atom is -0.409 e. The van der Waals surface area contributed by atoms with E-state index in [1.165, 1.54) is 16.0 Å². The van der Waals surface area contributed by atoms with Crippen molar-refractivity contribution in [2.75, 3.05) is 6.54 Å². The summed E-state index contributed by atoms with van der Waals surface area (Å²) in [7, 11) is -2.21. The maximum atomic E-state index is 12.7. The van der Waals surface area contributed by atoms with Crippen molar-refractivity contribution in [1.29, 1.82) is 0 Å². The molecule has 0 bridgehead atoms. The lowest BCUT2D eigenvalue weighted by Gasteiger charge is -2.21. The van der Waals surface area contributed by atoms with E-state index in [0.29, 0.717) is 0 Å².